The summed E-state index contributed by atoms with van der Waals surface area (Å²) in [5.74, 6) is 0.834. The number of hydrogen-bond acceptors (Lipinski definition) is 7. The van der Waals surface area contributed by atoms with Crippen molar-refractivity contribution in [3.8, 4) is 11.3 Å². The van der Waals surface area contributed by atoms with E-state index < -0.39 is 19.1 Å². The minimum atomic E-state index is -2.51. The third-order valence-corrected chi connectivity index (χ3v) is 7.24. The fourth-order valence-electron chi connectivity index (χ4n) is 5.11. The molecule has 0 spiro atoms. The molecule has 0 amide bonds. The van der Waals surface area contributed by atoms with E-state index in [-0.39, 0.29) is 11.6 Å². The lowest BCUT2D eigenvalue weighted by Gasteiger charge is -2.50. The first-order valence-corrected chi connectivity index (χ1v) is 12.0. The van der Waals surface area contributed by atoms with Crippen LogP contribution in [-0.4, -0.2) is 84.5 Å². The molecule has 190 valence electrons. The van der Waals surface area contributed by atoms with Gasteiger partial charge in [-0.2, -0.15) is 0 Å². The Balaban J connectivity index is 1.22. The number of piperidine rings is 1. The van der Waals surface area contributed by atoms with Gasteiger partial charge < -0.3 is 14.6 Å². The Morgan fingerprint density at radius 2 is 2.06 bits per heavy atom. The first-order valence-electron chi connectivity index (χ1n) is 12.0. The molecule has 0 radical (unpaired) electrons. The van der Waals surface area contributed by atoms with Crippen LogP contribution < -0.4 is 5.32 Å². The monoisotopic (exact) mass is 500 g/mol. The number of alkyl halides is 3. The van der Waals surface area contributed by atoms with Crippen LogP contribution in [0.25, 0.3) is 27.9 Å². The van der Waals surface area contributed by atoms with Crippen molar-refractivity contribution in [2.75, 3.05) is 31.6 Å². The first kappa shape index (κ1) is 23.2. The Labute approximate surface area is 205 Å². The molecule has 0 aliphatic carbocycles. The number of hydrogen-bond donors (Lipinski definition) is 1. The van der Waals surface area contributed by atoms with Gasteiger partial charge in [0.2, 0.25) is 5.95 Å². The summed E-state index contributed by atoms with van der Waals surface area (Å²) in [5.41, 5.74) is 2.97. The summed E-state index contributed by atoms with van der Waals surface area (Å²) in [6.45, 7) is 5.75. The number of likely N-dealkylation sites (tertiary alicyclic amines) is 1. The molecule has 1 N–H and O–H groups in total. The minimum Gasteiger partial charge on any atom is -0.377 e. The van der Waals surface area contributed by atoms with Gasteiger partial charge >= 0.3 is 0 Å². The summed E-state index contributed by atoms with van der Waals surface area (Å²) in [4.78, 5) is 15.6. The lowest BCUT2D eigenvalue weighted by molar-refractivity contribution is -0.142. The second-order valence-electron chi connectivity index (χ2n) is 9.83. The summed E-state index contributed by atoms with van der Waals surface area (Å²) >= 11 is 0. The van der Waals surface area contributed by atoms with Crippen LogP contribution in [0.5, 0.6) is 0 Å². The number of ether oxygens (including phenoxy) is 1. The van der Waals surface area contributed by atoms with Crippen molar-refractivity contribution in [1.29, 1.82) is 0 Å². The van der Waals surface area contributed by atoms with Crippen LogP contribution in [0.15, 0.2) is 30.6 Å². The Hall–Kier alpha value is -3.25. The highest BCUT2D eigenvalue weighted by Crippen LogP contribution is 2.30. The Bertz CT molecular complexity index is 1420. The molecule has 9 nitrogen and oxygen atoms in total. The second-order valence-corrected chi connectivity index (χ2v) is 9.83. The smallest absolute Gasteiger partial charge is 0.256 e. The van der Waals surface area contributed by atoms with Gasteiger partial charge in [0.05, 0.1) is 48.7 Å². The van der Waals surface area contributed by atoms with Gasteiger partial charge in [-0.25, -0.2) is 32.6 Å². The van der Waals surface area contributed by atoms with Gasteiger partial charge in [0, 0.05) is 24.8 Å². The van der Waals surface area contributed by atoms with Gasteiger partial charge in [0.25, 0.3) is 6.43 Å². The van der Waals surface area contributed by atoms with Gasteiger partial charge in [-0.3, -0.25) is 4.90 Å². The number of rotatable bonds is 6. The average molecular weight is 501 g/mol. The number of nitrogens with one attached hydrogen (secondary N) is 1. The molecule has 4 aromatic heterocycles. The quantitative estimate of drug-likeness (QED) is 0.435. The van der Waals surface area contributed by atoms with E-state index in [1.54, 1.807) is 36.0 Å². The summed E-state index contributed by atoms with van der Waals surface area (Å²) in [6, 6.07) is 5.05. The summed E-state index contributed by atoms with van der Waals surface area (Å²) in [6.07, 6.45) is 0.525. The van der Waals surface area contributed by atoms with Crippen molar-refractivity contribution in [2.45, 2.75) is 51.0 Å². The lowest BCUT2D eigenvalue weighted by atomic mass is 9.92. The molecule has 2 atom stereocenters. The van der Waals surface area contributed by atoms with E-state index in [2.05, 4.69) is 37.2 Å². The Kier molecular flexibility index (Phi) is 5.60. The van der Waals surface area contributed by atoms with Crippen LogP contribution in [0.3, 0.4) is 0 Å². The van der Waals surface area contributed by atoms with Crippen molar-refractivity contribution in [2.24, 2.45) is 0 Å². The molecule has 2 aliphatic heterocycles. The predicted octanol–water partition coefficient (Wildman–Crippen LogP) is 3.33. The van der Waals surface area contributed by atoms with Crippen LogP contribution in [0.2, 0.25) is 0 Å². The number of imidazole rings is 1. The van der Waals surface area contributed by atoms with Gasteiger partial charge in [0.15, 0.2) is 5.65 Å². The van der Waals surface area contributed by atoms with Crippen molar-refractivity contribution < 1.29 is 17.9 Å². The maximum atomic E-state index is 15.0. The zero-order valence-corrected chi connectivity index (χ0v) is 20.0. The molecule has 4 aromatic rings. The van der Waals surface area contributed by atoms with E-state index in [1.807, 2.05) is 6.07 Å². The van der Waals surface area contributed by atoms with Gasteiger partial charge in [0.1, 0.15) is 17.5 Å². The van der Waals surface area contributed by atoms with E-state index >= 15 is 0 Å². The minimum absolute atomic E-state index is 0.0703. The largest absolute Gasteiger partial charge is 0.377 e. The number of halogens is 3. The maximum absolute atomic E-state index is 15.0. The number of nitrogens with zero attached hydrogens (tertiary/aromatic N) is 7. The number of aryl methyl sites for hydroxylation is 1. The van der Waals surface area contributed by atoms with Gasteiger partial charge in [-0.05, 0) is 38.5 Å². The molecule has 0 saturated carbocycles. The molecule has 2 saturated heterocycles. The van der Waals surface area contributed by atoms with Gasteiger partial charge in [-0.1, -0.05) is 0 Å². The van der Waals surface area contributed by atoms with E-state index in [4.69, 9.17) is 4.74 Å². The van der Waals surface area contributed by atoms with Crippen LogP contribution in [0.1, 0.15) is 19.2 Å². The molecular weight excluding hydrogens is 473 g/mol. The Morgan fingerprint density at radius 3 is 2.78 bits per heavy atom. The topological polar surface area (TPSA) is 85.4 Å². The standard InChI is InChI=1S/C24H27F3N8O/c1-14-29-19-4-3-17(30-22(19)34(14)11-21(26)27)15-5-8-35-20(15)9-28-23(32-35)31-18-6-7-33(10-16(18)25)24(2)12-36-13-24/h3-5,8-9,16,18,21H,6-7,10-13H2,1-2H3,(H,31,32)/t16-,18+/m1/s1. The molecular formula is C24H27F3N8O. The predicted molar refractivity (Wildman–Crippen MR) is 128 cm³/mol. The average Bonchev–Trinajstić information content (AvgIpc) is 3.38. The molecule has 12 heteroatoms. The van der Waals surface area contributed by atoms with Crippen molar-refractivity contribution in [1.82, 2.24) is 34.0 Å². The number of anilines is 1. The third kappa shape index (κ3) is 3.97. The molecule has 0 bridgehead atoms. The number of aromatic nitrogens is 6. The normalized spacial score (nSPS) is 22.4. The number of fused-ring (bicyclic) bond motifs is 2. The van der Waals surface area contributed by atoms with Crippen LogP contribution in [0.4, 0.5) is 19.1 Å². The number of pyridine rings is 1. The maximum Gasteiger partial charge on any atom is 0.256 e. The summed E-state index contributed by atoms with van der Waals surface area (Å²) < 4.78 is 49.5. The third-order valence-electron chi connectivity index (χ3n) is 7.24. The summed E-state index contributed by atoms with van der Waals surface area (Å²) in [5, 5.41) is 7.68. The first-order chi connectivity index (χ1) is 17.3. The molecule has 36 heavy (non-hydrogen) atoms. The van der Waals surface area contributed by atoms with Crippen molar-refractivity contribution >= 4 is 22.6 Å². The molecule has 6 rings (SSSR count). The highest BCUT2D eigenvalue weighted by molar-refractivity contribution is 5.82. The van der Waals surface area contributed by atoms with Gasteiger partial charge in [-0.15, -0.1) is 5.10 Å². The highest BCUT2D eigenvalue weighted by atomic mass is 19.3. The van der Waals surface area contributed by atoms with Crippen molar-refractivity contribution in [3.05, 3.63) is 36.4 Å². The zero-order chi connectivity index (χ0) is 25.0. The molecule has 6 heterocycles. The van der Waals surface area contributed by atoms with Crippen molar-refractivity contribution in [3.63, 3.8) is 0 Å². The second kappa shape index (κ2) is 8.70. The van der Waals surface area contributed by atoms with Crippen LogP contribution in [0, 0.1) is 6.92 Å². The van der Waals surface area contributed by atoms with E-state index in [0.29, 0.717) is 60.3 Å². The fraction of sp³-hybridized carbons (Fsp3) is 0.500. The van der Waals surface area contributed by atoms with Crippen LogP contribution in [-0.2, 0) is 11.3 Å². The molecule has 0 unspecified atom stereocenters. The van der Waals surface area contributed by atoms with E-state index in [1.165, 1.54) is 4.57 Å². The van der Waals surface area contributed by atoms with E-state index in [9.17, 15) is 13.2 Å². The Morgan fingerprint density at radius 1 is 1.22 bits per heavy atom. The lowest BCUT2D eigenvalue weighted by Crippen LogP contribution is -2.64. The summed E-state index contributed by atoms with van der Waals surface area (Å²) in [7, 11) is 0. The highest BCUT2D eigenvalue weighted by Gasteiger charge is 2.43. The molecule has 2 aliphatic rings. The fourth-order valence-corrected chi connectivity index (χ4v) is 5.11. The van der Waals surface area contributed by atoms with E-state index in [0.717, 1.165) is 12.1 Å². The SMILES string of the molecule is Cc1nc2ccc(-c3ccn4nc(N[C@H]5CCN(C6(C)COC6)C[C@H]5F)ncc34)nc2n1CC(F)F. The molecule has 0 aromatic carbocycles. The molecule has 2 fully saturated rings. The van der Waals surface area contributed by atoms with Crippen LogP contribution >= 0.6 is 0 Å². The zero-order valence-electron chi connectivity index (χ0n) is 20.0.